The molecule has 1 amide bonds. The smallest absolute Gasteiger partial charge is 0.269 e. The van der Waals surface area contributed by atoms with Crippen LogP contribution in [0, 0.1) is 10.1 Å². The Balaban J connectivity index is 2.14. The minimum absolute atomic E-state index is 0.00120. The van der Waals surface area contributed by atoms with E-state index in [1.54, 1.807) is 0 Å². The Hall–Kier alpha value is -1.95. The maximum absolute atomic E-state index is 12.5. The molecule has 2 N–H and O–H groups in total. The zero-order valence-electron chi connectivity index (χ0n) is 11.3. The third-order valence-corrected chi connectivity index (χ3v) is 3.71. The Bertz CT molecular complexity index is 485. The molecule has 1 aliphatic rings. The summed E-state index contributed by atoms with van der Waals surface area (Å²) in [5.74, 6) is -0.0574. The third-order valence-electron chi connectivity index (χ3n) is 3.71. The average Bonchev–Trinajstić information content (AvgIpc) is 2.47. The molecule has 6 heteroatoms. The SMILES string of the molecule is NCCC1CCCCN1C(=O)c1ccc([N+](=O)[O-])cc1. The summed E-state index contributed by atoms with van der Waals surface area (Å²) < 4.78 is 0. The Labute approximate surface area is 117 Å². The van der Waals surface area contributed by atoms with Crippen LogP contribution in [0.25, 0.3) is 0 Å². The lowest BCUT2D eigenvalue weighted by Crippen LogP contribution is -2.44. The maximum atomic E-state index is 12.5. The van der Waals surface area contributed by atoms with Crippen molar-refractivity contribution in [2.24, 2.45) is 5.73 Å². The van der Waals surface area contributed by atoms with Crippen molar-refractivity contribution in [1.82, 2.24) is 4.90 Å². The third kappa shape index (κ3) is 3.14. The molecular formula is C14H19N3O3. The Morgan fingerprint density at radius 2 is 2.05 bits per heavy atom. The number of benzene rings is 1. The van der Waals surface area contributed by atoms with Gasteiger partial charge in [-0.1, -0.05) is 0 Å². The van der Waals surface area contributed by atoms with Crippen molar-refractivity contribution in [3.05, 3.63) is 39.9 Å². The molecule has 108 valence electrons. The van der Waals surface area contributed by atoms with Gasteiger partial charge in [-0.2, -0.15) is 0 Å². The number of carbonyl (C=O) groups excluding carboxylic acids is 1. The number of hydrogen-bond acceptors (Lipinski definition) is 4. The van der Waals surface area contributed by atoms with Crippen LogP contribution in [0.15, 0.2) is 24.3 Å². The lowest BCUT2D eigenvalue weighted by molar-refractivity contribution is -0.384. The Morgan fingerprint density at radius 3 is 2.65 bits per heavy atom. The van der Waals surface area contributed by atoms with E-state index in [4.69, 9.17) is 5.73 Å². The number of carbonyl (C=O) groups is 1. The summed E-state index contributed by atoms with van der Waals surface area (Å²) in [5.41, 5.74) is 6.10. The Morgan fingerprint density at radius 1 is 1.35 bits per heavy atom. The number of nitrogens with two attached hydrogens (primary N) is 1. The van der Waals surface area contributed by atoms with E-state index in [2.05, 4.69) is 0 Å². The fraction of sp³-hybridized carbons (Fsp3) is 0.500. The van der Waals surface area contributed by atoms with Gasteiger partial charge in [-0.15, -0.1) is 0 Å². The van der Waals surface area contributed by atoms with Crippen molar-refractivity contribution in [1.29, 1.82) is 0 Å². The largest absolute Gasteiger partial charge is 0.336 e. The average molecular weight is 277 g/mol. The summed E-state index contributed by atoms with van der Waals surface area (Å²) >= 11 is 0. The van der Waals surface area contributed by atoms with Crippen LogP contribution in [-0.2, 0) is 0 Å². The van der Waals surface area contributed by atoms with Crippen LogP contribution in [-0.4, -0.2) is 34.9 Å². The summed E-state index contributed by atoms with van der Waals surface area (Å²) in [6, 6.07) is 5.98. The molecule has 6 nitrogen and oxygen atoms in total. The first kappa shape index (κ1) is 14.5. The van der Waals surface area contributed by atoms with Crippen LogP contribution >= 0.6 is 0 Å². The number of nitro benzene ring substituents is 1. The summed E-state index contributed by atoms with van der Waals surface area (Å²) in [5, 5.41) is 10.6. The number of piperidine rings is 1. The molecule has 0 bridgehead atoms. The van der Waals surface area contributed by atoms with E-state index in [1.807, 2.05) is 4.90 Å². The van der Waals surface area contributed by atoms with Gasteiger partial charge in [0.05, 0.1) is 4.92 Å². The molecule has 20 heavy (non-hydrogen) atoms. The van der Waals surface area contributed by atoms with E-state index in [9.17, 15) is 14.9 Å². The minimum atomic E-state index is -0.466. The van der Waals surface area contributed by atoms with Crippen molar-refractivity contribution < 1.29 is 9.72 Å². The molecule has 0 spiro atoms. The first-order valence-electron chi connectivity index (χ1n) is 6.89. The highest BCUT2D eigenvalue weighted by Gasteiger charge is 2.26. The first-order valence-corrected chi connectivity index (χ1v) is 6.89. The summed E-state index contributed by atoms with van der Waals surface area (Å²) in [6.07, 6.45) is 3.91. The number of nitrogens with zero attached hydrogens (tertiary/aromatic N) is 2. The van der Waals surface area contributed by atoms with E-state index in [-0.39, 0.29) is 17.6 Å². The second kappa shape index (κ2) is 6.47. The van der Waals surface area contributed by atoms with Gasteiger partial charge in [-0.25, -0.2) is 0 Å². The lowest BCUT2D eigenvalue weighted by atomic mass is 9.98. The van der Waals surface area contributed by atoms with Crippen LogP contribution in [0.4, 0.5) is 5.69 Å². The molecule has 1 heterocycles. The van der Waals surface area contributed by atoms with E-state index in [1.165, 1.54) is 24.3 Å². The highest BCUT2D eigenvalue weighted by atomic mass is 16.6. The van der Waals surface area contributed by atoms with E-state index in [0.29, 0.717) is 12.1 Å². The topological polar surface area (TPSA) is 89.5 Å². The minimum Gasteiger partial charge on any atom is -0.336 e. The molecule has 1 aliphatic heterocycles. The predicted octanol–water partition coefficient (Wildman–Crippen LogP) is 1.94. The standard InChI is InChI=1S/C14H19N3O3/c15-9-8-12-3-1-2-10-16(12)14(18)11-4-6-13(7-5-11)17(19)20/h4-7,12H,1-3,8-10,15H2. The second-order valence-electron chi connectivity index (χ2n) is 5.03. The molecule has 2 rings (SSSR count). The van der Waals surface area contributed by atoms with Crippen molar-refractivity contribution in [3.8, 4) is 0 Å². The van der Waals surface area contributed by atoms with Crippen molar-refractivity contribution in [2.45, 2.75) is 31.7 Å². The molecule has 0 saturated carbocycles. The summed E-state index contributed by atoms with van der Waals surface area (Å²) in [4.78, 5) is 24.5. The molecule has 1 aromatic carbocycles. The summed E-state index contributed by atoms with van der Waals surface area (Å²) in [7, 11) is 0. The fourth-order valence-corrected chi connectivity index (χ4v) is 2.65. The number of amides is 1. The number of rotatable bonds is 4. The quantitative estimate of drug-likeness (QED) is 0.672. The van der Waals surface area contributed by atoms with E-state index in [0.717, 1.165) is 32.2 Å². The van der Waals surface area contributed by atoms with Crippen LogP contribution in [0.1, 0.15) is 36.0 Å². The van der Waals surface area contributed by atoms with Crippen molar-refractivity contribution in [3.63, 3.8) is 0 Å². The highest BCUT2D eigenvalue weighted by Crippen LogP contribution is 2.22. The van der Waals surface area contributed by atoms with Gasteiger partial charge in [-0.05, 0) is 44.4 Å². The first-order chi connectivity index (χ1) is 9.63. The van der Waals surface area contributed by atoms with Crippen molar-refractivity contribution in [2.75, 3.05) is 13.1 Å². The number of hydrogen-bond donors (Lipinski definition) is 1. The molecule has 1 atom stereocenters. The van der Waals surface area contributed by atoms with E-state index >= 15 is 0 Å². The number of non-ortho nitro benzene ring substituents is 1. The molecule has 1 unspecified atom stereocenters. The molecule has 1 aromatic rings. The van der Waals surface area contributed by atoms with Crippen LogP contribution in [0.2, 0.25) is 0 Å². The monoisotopic (exact) mass is 277 g/mol. The molecule has 0 radical (unpaired) electrons. The van der Waals surface area contributed by atoms with Crippen LogP contribution < -0.4 is 5.73 Å². The van der Waals surface area contributed by atoms with Gasteiger partial charge < -0.3 is 10.6 Å². The predicted molar refractivity (Wildman–Crippen MR) is 75.4 cm³/mol. The second-order valence-corrected chi connectivity index (χ2v) is 5.03. The van der Waals surface area contributed by atoms with Gasteiger partial charge in [0.25, 0.3) is 11.6 Å². The summed E-state index contributed by atoms with van der Waals surface area (Å²) in [6.45, 7) is 1.30. The fourth-order valence-electron chi connectivity index (χ4n) is 2.65. The van der Waals surface area contributed by atoms with Gasteiger partial charge in [-0.3, -0.25) is 14.9 Å². The van der Waals surface area contributed by atoms with Crippen molar-refractivity contribution >= 4 is 11.6 Å². The van der Waals surface area contributed by atoms with Gasteiger partial charge in [0.15, 0.2) is 0 Å². The van der Waals surface area contributed by atoms with Crippen LogP contribution in [0.3, 0.4) is 0 Å². The zero-order valence-corrected chi connectivity index (χ0v) is 11.3. The van der Waals surface area contributed by atoms with Gasteiger partial charge in [0, 0.05) is 30.3 Å². The number of likely N-dealkylation sites (tertiary alicyclic amines) is 1. The van der Waals surface area contributed by atoms with E-state index < -0.39 is 4.92 Å². The molecule has 1 fully saturated rings. The van der Waals surface area contributed by atoms with Gasteiger partial charge in [0.1, 0.15) is 0 Å². The normalized spacial score (nSPS) is 18.9. The van der Waals surface area contributed by atoms with Gasteiger partial charge >= 0.3 is 0 Å². The number of nitro groups is 1. The highest BCUT2D eigenvalue weighted by molar-refractivity contribution is 5.94. The van der Waals surface area contributed by atoms with Gasteiger partial charge in [0.2, 0.25) is 0 Å². The molecule has 1 saturated heterocycles. The Kier molecular flexibility index (Phi) is 4.68. The zero-order chi connectivity index (χ0) is 14.5. The molecular weight excluding hydrogens is 258 g/mol. The van der Waals surface area contributed by atoms with Crippen LogP contribution in [0.5, 0.6) is 0 Å². The lowest BCUT2D eigenvalue weighted by Gasteiger charge is -2.35. The molecule has 0 aliphatic carbocycles. The maximum Gasteiger partial charge on any atom is 0.269 e. The molecule has 0 aromatic heterocycles.